The number of carbonyl (C=O) groups excluding carboxylic acids is 2. The number of nitrogens with zero attached hydrogens (tertiary/aromatic N) is 4. The zero-order valence-electron chi connectivity index (χ0n) is 23.1. The Morgan fingerprint density at radius 3 is 2.58 bits per heavy atom. The summed E-state index contributed by atoms with van der Waals surface area (Å²) in [5.74, 6) is -0.564. The van der Waals surface area contributed by atoms with Gasteiger partial charge in [0.25, 0.3) is 5.78 Å². The second-order valence-electron chi connectivity index (χ2n) is 9.39. The molecule has 3 heterocycles. The molecule has 1 aliphatic heterocycles. The lowest BCUT2D eigenvalue weighted by Crippen LogP contribution is -2.29. The highest BCUT2D eigenvalue weighted by Crippen LogP contribution is 2.45. The summed E-state index contributed by atoms with van der Waals surface area (Å²) >= 11 is 14.9. The normalized spacial score (nSPS) is 16.1. The van der Waals surface area contributed by atoms with Gasteiger partial charge in [-0.1, -0.05) is 71.8 Å². The van der Waals surface area contributed by atoms with Crippen molar-refractivity contribution in [1.82, 2.24) is 15.2 Å². The fourth-order valence-electron chi connectivity index (χ4n) is 4.45. The SMILES string of the molecule is CCCCOc1ccc(C2/C(=C(\O)c3ccncc3)C(=O)C(=O)N2c2nnc(SCc3ccc(Cl)cc3Cl)s2)cc1OC. The third-order valence-electron chi connectivity index (χ3n) is 6.63. The number of methoxy groups -OCH3 is 1. The van der Waals surface area contributed by atoms with E-state index in [4.69, 9.17) is 32.7 Å². The number of benzene rings is 2. The van der Waals surface area contributed by atoms with E-state index >= 15 is 0 Å². The number of hydrogen-bond acceptors (Lipinski definition) is 10. The van der Waals surface area contributed by atoms with E-state index in [0.29, 0.717) is 49.4 Å². The Bertz CT molecular complexity index is 1680. The number of hydrogen-bond donors (Lipinski definition) is 1. The van der Waals surface area contributed by atoms with Crippen LogP contribution in [0.25, 0.3) is 5.76 Å². The number of anilines is 1. The van der Waals surface area contributed by atoms with Crippen molar-refractivity contribution in [2.24, 2.45) is 0 Å². The fourth-order valence-corrected chi connectivity index (χ4v) is 6.87. The van der Waals surface area contributed by atoms with Crippen LogP contribution in [0, 0.1) is 0 Å². The molecule has 222 valence electrons. The van der Waals surface area contributed by atoms with Gasteiger partial charge in [0.2, 0.25) is 5.13 Å². The van der Waals surface area contributed by atoms with Crippen LogP contribution in [0.15, 0.2) is 70.8 Å². The summed E-state index contributed by atoms with van der Waals surface area (Å²) in [6, 6.07) is 12.5. The van der Waals surface area contributed by atoms with Crippen LogP contribution in [0.1, 0.15) is 42.5 Å². The van der Waals surface area contributed by atoms with Gasteiger partial charge in [0.05, 0.1) is 25.3 Å². The second-order valence-corrected chi connectivity index (χ2v) is 12.4. The van der Waals surface area contributed by atoms with Gasteiger partial charge in [0.1, 0.15) is 5.76 Å². The maximum Gasteiger partial charge on any atom is 0.301 e. The molecule has 0 bridgehead atoms. The quantitative estimate of drug-likeness (QED) is 0.0442. The molecule has 9 nitrogen and oxygen atoms in total. The Balaban J connectivity index is 1.54. The van der Waals surface area contributed by atoms with Crippen molar-refractivity contribution in [3.05, 3.63) is 93.2 Å². The molecular formula is C30H26Cl2N4O5S2. The first-order valence-corrected chi connectivity index (χ1v) is 15.8. The predicted octanol–water partition coefficient (Wildman–Crippen LogP) is 7.35. The molecule has 5 rings (SSSR count). The molecule has 1 unspecified atom stereocenters. The lowest BCUT2D eigenvalue weighted by Gasteiger charge is -2.23. The molecule has 0 saturated carbocycles. The van der Waals surface area contributed by atoms with Crippen LogP contribution in [0.2, 0.25) is 10.0 Å². The van der Waals surface area contributed by atoms with Crippen LogP contribution in [0.3, 0.4) is 0 Å². The van der Waals surface area contributed by atoms with Gasteiger partial charge in [0.15, 0.2) is 15.8 Å². The van der Waals surface area contributed by atoms with Gasteiger partial charge in [-0.3, -0.25) is 19.5 Å². The number of aliphatic hydroxyl groups is 1. The van der Waals surface area contributed by atoms with E-state index in [9.17, 15) is 14.7 Å². The number of ketones is 1. The Morgan fingerprint density at radius 1 is 1.07 bits per heavy atom. The molecule has 2 aromatic heterocycles. The fraction of sp³-hybridized carbons (Fsp3) is 0.233. The van der Waals surface area contributed by atoms with E-state index in [1.54, 1.807) is 42.5 Å². The molecule has 0 radical (unpaired) electrons. The summed E-state index contributed by atoms with van der Waals surface area (Å²) in [7, 11) is 1.51. The number of halogens is 2. The number of unbranched alkanes of at least 4 members (excludes halogenated alkanes) is 1. The molecule has 1 amide bonds. The molecular weight excluding hydrogens is 631 g/mol. The van der Waals surface area contributed by atoms with Crippen LogP contribution in [0.5, 0.6) is 11.5 Å². The Morgan fingerprint density at radius 2 is 1.86 bits per heavy atom. The van der Waals surface area contributed by atoms with E-state index in [-0.39, 0.29) is 16.5 Å². The topological polar surface area (TPSA) is 115 Å². The van der Waals surface area contributed by atoms with Crippen molar-refractivity contribution in [2.75, 3.05) is 18.6 Å². The maximum atomic E-state index is 13.6. The van der Waals surface area contributed by atoms with Crippen LogP contribution in [-0.2, 0) is 15.3 Å². The van der Waals surface area contributed by atoms with E-state index in [1.807, 2.05) is 6.07 Å². The van der Waals surface area contributed by atoms with Crippen molar-refractivity contribution in [3.63, 3.8) is 0 Å². The molecule has 1 fully saturated rings. The smallest absolute Gasteiger partial charge is 0.301 e. The molecule has 4 aromatic rings. The molecule has 13 heteroatoms. The highest BCUT2D eigenvalue weighted by molar-refractivity contribution is 8.00. The number of aromatic nitrogens is 3. The summed E-state index contributed by atoms with van der Waals surface area (Å²) in [4.78, 5) is 32.3. The average Bonchev–Trinajstić information content (AvgIpc) is 3.58. The van der Waals surface area contributed by atoms with Crippen LogP contribution in [0.4, 0.5) is 5.13 Å². The van der Waals surface area contributed by atoms with Crippen molar-refractivity contribution in [3.8, 4) is 11.5 Å². The first-order chi connectivity index (χ1) is 20.8. The maximum absolute atomic E-state index is 13.6. The third-order valence-corrected chi connectivity index (χ3v) is 9.32. The summed E-state index contributed by atoms with van der Waals surface area (Å²) in [5.41, 5.74) is 1.64. The number of Topliss-reactive ketones (excluding diaryl/α,β-unsaturated/α-hetero) is 1. The van der Waals surface area contributed by atoms with Gasteiger partial charge in [-0.15, -0.1) is 10.2 Å². The molecule has 0 spiro atoms. The molecule has 1 saturated heterocycles. The largest absolute Gasteiger partial charge is 0.507 e. The van der Waals surface area contributed by atoms with Crippen LogP contribution >= 0.6 is 46.3 Å². The first-order valence-electron chi connectivity index (χ1n) is 13.2. The zero-order chi connectivity index (χ0) is 30.5. The number of thioether (sulfide) groups is 1. The molecule has 2 aromatic carbocycles. The monoisotopic (exact) mass is 656 g/mol. The Kier molecular flexibility index (Phi) is 9.86. The summed E-state index contributed by atoms with van der Waals surface area (Å²) in [6.45, 7) is 2.58. The molecule has 0 aliphatic carbocycles. The third kappa shape index (κ3) is 6.65. The van der Waals surface area contributed by atoms with Crippen LogP contribution in [-0.4, -0.2) is 45.7 Å². The van der Waals surface area contributed by atoms with E-state index < -0.39 is 17.7 Å². The van der Waals surface area contributed by atoms with Gasteiger partial charge >= 0.3 is 5.91 Å². The van der Waals surface area contributed by atoms with Crippen molar-refractivity contribution in [2.45, 2.75) is 35.9 Å². The predicted molar refractivity (Wildman–Crippen MR) is 168 cm³/mol. The first kappa shape index (κ1) is 30.8. The number of amides is 1. The number of rotatable bonds is 11. The number of aliphatic hydroxyl groups excluding tert-OH is 1. The van der Waals surface area contributed by atoms with Crippen molar-refractivity contribution in [1.29, 1.82) is 0 Å². The van der Waals surface area contributed by atoms with E-state index in [0.717, 1.165) is 29.7 Å². The van der Waals surface area contributed by atoms with Gasteiger partial charge in [0, 0.05) is 33.8 Å². The van der Waals surface area contributed by atoms with Gasteiger partial charge in [-0.05, 0) is 53.9 Å². The molecule has 43 heavy (non-hydrogen) atoms. The summed E-state index contributed by atoms with van der Waals surface area (Å²) in [6.07, 6.45) is 4.83. The van der Waals surface area contributed by atoms with Crippen molar-refractivity contribution >= 4 is 68.9 Å². The minimum absolute atomic E-state index is 0.0877. The van der Waals surface area contributed by atoms with Gasteiger partial charge in [-0.25, -0.2) is 0 Å². The lowest BCUT2D eigenvalue weighted by atomic mass is 9.95. The Hall–Kier alpha value is -3.64. The number of pyridine rings is 1. The second kappa shape index (κ2) is 13.8. The van der Waals surface area contributed by atoms with Gasteiger partial charge in [-0.2, -0.15) is 0 Å². The number of carbonyl (C=O) groups is 2. The lowest BCUT2D eigenvalue weighted by molar-refractivity contribution is -0.132. The highest BCUT2D eigenvalue weighted by atomic mass is 35.5. The van der Waals surface area contributed by atoms with Crippen LogP contribution < -0.4 is 14.4 Å². The minimum Gasteiger partial charge on any atom is -0.507 e. The number of ether oxygens (including phenoxy) is 2. The standard InChI is InChI=1S/C30H26Cl2N4O5S2/c1-3-4-13-41-22-8-6-18(14-23(22)40-2)25-24(26(37)17-9-11-33-12-10-17)27(38)28(39)36(25)29-34-35-30(43-29)42-16-19-5-7-20(31)15-21(19)32/h5-12,14-15,25,37H,3-4,13,16H2,1-2H3/b26-24+. The van der Waals surface area contributed by atoms with Gasteiger partial charge < -0.3 is 14.6 Å². The van der Waals surface area contributed by atoms with E-state index in [1.165, 1.54) is 36.2 Å². The summed E-state index contributed by atoms with van der Waals surface area (Å²) in [5, 5.41) is 21.1. The molecule has 1 N–H and O–H groups in total. The summed E-state index contributed by atoms with van der Waals surface area (Å²) < 4.78 is 12.0. The minimum atomic E-state index is -1.01. The van der Waals surface area contributed by atoms with Crippen molar-refractivity contribution < 1.29 is 24.2 Å². The van der Waals surface area contributed by atoms with E-state index in [2.05, 4.69) is 22.1 Å². The molecule has 1 aliphatic rings. The Labute approximate surface area is 266 Å². The molecule has 1 atom stereocenters. The average molecular weight is 658 g/mol. The highest BCUT2D eigenvalue weighted by Gasteiger charge is 2.48. The zero-order valence-corrected chi connectivity index (χ0v) is 26.3.